The van der Waals surface area contributed by atoms with Crippen LogP contribution >= 0.6 is 27.5 Å². The topological polar surface area (TPSA) is 54.9 Å². The highest BCUT2D eigenvalue weighted by Gasteiger charge is 2.08. The number of halogens is 1. The molecule has 0 aliphatic heterocycles. The minimum Gasteiger partial charge on any atom is -0.311 e. The minimum atomic E-state index is -0.157. The fraction of sp³-hybridized carbons (Fsp3) is 0. The van der Waals surface area contributed by atoms with Gasteiger partial charge >= 0.3 is 0 Å². The van der Waals surface area contributed by atoms with E-state index in [9.17, 15) is 4.79 Å². The van der Waals surface area contributed by atoms with Gasteiger partial charge in [-0.2, -0.15) is 0 Å². The lowest BCUT2D eigenvalue weighted by Crippen LogP contribution is -2.10. The molecule has 0 aliphatic rings. The molecule has 0 atom stereocenters. The van der Waals surface area contributed by atoms with Crippen LogP contribution in [0.1, 0.15) is 10.4 Å². The second-order valence-electron chi connectivity index (χ2n) is 3.94. The van der Waals surface area contributed by atoms with Crippen LogP contribution in [0, 0.1) is 0 Å². The summed E-state index contributed by atoms with van der Waals surface area (Å²) in [6.45, 7) is 0. The lowest BCUT2D eigenvalue weighted by atomic mass is 10.1. The van der Waals surface area contributed by atoms with Crippen LogP contribution in [0.2, 0.25) is 0 Å². The molecule has 4 nitrogen and oxygen atoms in total. The molecule has 0 bridgehead atoms. The van der Waals surface area contributed by atoms with Gasteiger partial charge in [0.2, 0.25) is 0 Å². The Hall–Kier alpha value is -1.79. The third-order valence-corrected chi connectivity index (χ3v) is 3.74. The van der Waals surface area contributed by atoms with Crippen LogP contribution in [-0.2, 0) is 0 Å². The molecule has 0 spiro atoms. The summed E-state index contributed by atoms with van der Waals surface area (Å²) >= 11 is 4.58. The molecule has 94 valence electrons. The lowest BCUT2D eigenvalue weighted by molar-refractivity contribution is 0.102. The first-order chi connectivity index (χ1) is 9.22. The van der Waals surface area contributed by atoms with Gasteiger partial charge in [0, 0.05) is 21.6 Å². The summed E-state index contributed by atoms with van der Waals surface area (Å²) in [5.74, 6) is -0.157. The van der Waals surface area contributed by atoms with Gasteiger partial charge in [0.1, 0.15) is 5.00 Å². The highest BCUT2D eigenvalue weighted by Crippen LogP contribution is 2.21. The zero-order chi connectivity index (χ0) is 13.2. The molecule has 2 aromatic carbocycles. The summed E-state index contributed by atoms with van der Waals surface area (Å²) in [6, 6.07) is 11.6. The zero-order valence-corrected chi connectivity index (χ0v) is 12.0. The summed E-state index contributed by atoms with van der Waals surface area (Å²) in [4.78, 5) is 12.1. The van der Waals surface area contributed by atoms with Crippen molar-refractivity contribution in [3.05, 3.63) is 52.6 Å². The number of aromatic nitrogens is 2. The van der Waals surface area contributed by atoms with Crippen molar-refractivity contribution in [1.82, 2.24) is 9.59 Å². The van der Waals surface area contributed by atoms with E-state index in [1.165, 1.54) is 6.20 Å². The van der Waals surface area contributed by atoms with Crippen molar-refractivity contribution in [3.8, 4) is 0 Å². The van der Waals surface area contributed by atoms with Crippen molar-refractivity contribution in [2.75, 3.05) is 5.32 Å². The number of nitrogens with one attached hydrogen (secondary N) is 1. The maximum atomic E-state index is 12.1. The van der Waals surface area contributed by atoms with E-state index >= 15 is 0 Å². The Morgan fingerprint density at radius 2 is 1.95 bits per heavy atom. The van der Waals surface area contributed by atoms with Crippen molar-refractivity contribution in [2.24, 2.45) is 0 Å². The SMILES string of the molecule is O=C(Nc1cnns1)c1ccc2cc(Br)ccc2c1. The van der Waals surface area contributed by atoms with Crippen molar-refractivity contribution in [3.63, 3.8) is 0 Å². The number of anilines is 1. The molecular weight excluding hydrogens is 326 g/mol. The standard InChI is InChI=1S/C13H8BrN3OS/c14-11-4-3-8-5-10(2-1-9(8)6-11)13(18)16-12-7-15-17-19-12/h1-7H,(H,16,18). The molecule has 3 aromatic rings. The average Bonchev–Trinajstić information content (AvgIpc) is 2.91. The predicted octanol–water partition coefficient (Wildman–Crippen LogP) is 3.71. The molecule has 0 saturated heterocycles. The highest BCUT2D eigenvalue weighted by atomic mass is 79.9. The Labute approximate surface area is 121 Å². The monoisotopic (exact) mass is 333 g/mol. The van der Waals surface area contributed by atoms with Gasteiger partial charge in [0.15, 0.2) is 0 Å². The van der Waals surface area contributed by atoms with Crippen molar-refractivity contribution in [2.45, 2.75) is 0 Å². The van der Waals surface area contributed by atoms with Gasteiger partial charge in [-0.1, -0.05) is 32.6 Å². The Kier molecular flexibility index (Phi) is 3.27. The summed E-state index contributed by atoms with van der Waals surface area (Å²) in [7, 11) is 0. The number of carbonyl (C=O) groups is 1. The Morgan fingerprint density at radius 1 is 1.16 bits per heavy atom. The summed E-state index contributed by atoms with van der Waals surface area (Å²) in [6.07, 6.45) is 1.53. The first-order valence-corrected chi connectivity index (χ1v) is 7.07. The number of hydrogen-bond donors (Lipinski definition) is 1. The van der Waals surface area contributed by atoms with Crippen molar-refractivity contribution >= 4 is 49.1 Å². The first kappa shape index (κ1) is 12.3. The van der Waals surface area contributed by atoms with E-state index in [0.29, 0.717) is 10.6 Å². The molecular formula is C13H8BrN3OS. The van der Waals surface area contributed by atoms with Crippen LogP contribution in [0.25, 0.3) is 10.8 Å². The van der Waals surface area contributed by atoms with Gasteiger partial charge in [-0.3, -0.25) is 4.79 Å². The van der Waals surface area contributed by atoms with E-state index < -0.39 is 0 Å². The Morgan fingerprint density at radius 3 is 2.74 bits per heavy atom. The second-order valence-corrected chi connectivity index (χ2v) is 5.64. The number of fused-ring (bicyclic) bond motifs is 1. The van der Waals surface area contributed by atoms with E-state index in [-0.39, 0.29) is 5.91 Å². The zero-order valence-electron chi connectivity index (χ0n) is 9.63. The molecule has 0 radical (unpaired) electrons. The first-order valence-electron chi connectivity index (χ1n) is 5.50. The van der Waals surface area contributed by atoms with E-state index in [2.05, 4.69) is 30.8 Å². The number of hydrogen-bond acceptors (Lipinski definition) is 4. The second kappa shape index (κ2) is 5.07. The third kappa shape index (κ3) is 2.64. The highest BCUT2D eigenvalue weighted by molar-refractivity contribution is 9.10. The smallest absolute Gasteiger partial charge is 0.256 e. The maximum Gasteiger partial charge on any atom is 0.256 e. The van der Waals surface area contributed by atoms with Crippen LogP contribution in [0.3, 0.4) is 0 Å². The molecule has 0 unspecified atom stereocenters. The molecule has 1 N–H and O–H groups in total. The predicted molar refractivity (Wildman–Crippen MR) is 79.5 cm³/mol. The quantitative estimate of drug-likeness (QED) is 0.777. The largest absolute Gasteiger partial charge is 0.311 e. The van der Waals surface area contributed by atoms with Gasteiger partial charge in [0.25, 0.3) is 5.91 Å². The summed E-state index contributed by atoms with van der Waals surface area (Å²) < 4.78 is 4.72. The minimum absolute atomic E-state index is 0.157. The van der Waals surface area contributed by atoms with Crippen molar-refractivity contribution < 1.29 is 4.79 Å². The molecule has 6 heteroatoms. The van der Waals surface area contributed by atoms with Gasteiger partial charge in [-0.15, -0.1) is 5.10 Å². The third-order valence-electron chi connectivity index (χ3n) is 2.66. The Balaban J connectivity index is 1.92. The number of nitrogens with zero attached hydrogens (tertiary/aromatic N) is 2. The summed E-state index contributed by atoms with van der Waals surface area (Å²) in [5.41, 5.74) is 0.614. The van der Waals surface area contributed by atoms with Crippen LogP contribution < -0.4 is 5.32 Å². The summed E-state index contributed by atoms with van der Waals surface area (Å²) in [5, 5.41) is 9.19. The fourth-order valence-corrected chi connectivity index (χ4v) is 2.56. The molecule has 1 aromatic heterocycles. The number of amides is 1. The molecule has 0 aliphatic carbocycles. The van der Waals surface area contributed by atoms with Crippen LogP contribution in [0.5, 0.6) is 0 Å². The number of carbonyl (C=O) groups excluding carboxylic acids is 1. The molecule has 1 amide bonds. The van der Waals surface area contributed by atoms with Gasteiger partial charge < -0.3 is 5.32 Å². The van der Waals surface area contributed by atoms with Crippen LogP contribution in [0.4, 0.5) is 5.00 Å². The number of benzene rings is 2. The maximum absolute atomic E-state index is 12.1. The normalized spacial score (nSPS) is 10.6. The molecule has 0 saturated carbocycles. The molecule has 3 rings (SSSR count). The van der Waals surface area contributed by atoms with E-state index in [1.54, 1.807) is 6.07 Å². The average molecular weight is 334 g/mol. The number of rotatable bonds is 2. The molecule has 1 heterocycles. The van der Waals surface area contributed by atoms with Gasteiger partial charge in [0.05, 0.1) is 6.20 Å². The van der Waals surface area contributed by atoms with Crippen LogP contribution in [-0.4, -0.2) is 15.5 Å². The lowest BCUT2D eigenvalue weighted by Gasteiger charge is -2.04. The van der Waals surface area contributed by atoms with Gasteiger partial charge in [-0.05, 0) is 35.0 Å². The van der Waals surface area contributed by atoms with E-state index in [1.807, 2.05) is 30.3 Å². The van der Waals surface area contributed by atoms with Crippen molar-refractivity contribution in [1.29, 1.82) is 0 Å². The molecule has 19 heavy (non-hydrogen) atoms. The van der Waals surface area contributed by atoms with Gasteiger partial charge in [-0.25, -0.2) is 0 Å². The van der Waals surface area contributed by atoms with Crippen LogP contribution in [0.15, 0.2) is 47.1 Å². The fourth-order valence-electron chi connectivity index (χ4n) is 1.76. The Bertz CT molecular complexity index is 743. The van der Waals surface area contributed by atoms with E-state index in [4.69, 9.17) is 0 Å². The molecule has 0 fully saturated rings. The van der Waals surface area contributed by atoms with E-state index in [0.717, 1.165) is 26.8 Å².